The molecular formula is C14H16O2. The third-order valence-electron chi connectivity index (χ3n) is 2.86. The number of allylic oxidation sites excluding steroid dienone is 1. The van der Waals surface area contributed by atoms with Crippen LogP contribution in [0.5, 0.6) is 0 Å². The van der Waals surface area contributed by atoms with Gasteiger partial charge in [-0.1, -0.05) is 30.3 Å². The van der Waals surface area contributed by atoms with Gasteiger partial charge in [-0.3, -0.25) is 0 Å². The molecule has 0 fully saturated rings. The third-order valence-corrected chi connectivity index (χ3v) is 2.86. The monoisotopic (exact) mass is 216 g/mol. The lowest BCUT2D eigenvalue weighted by Crippen LogP contribution is -2.07. The van der Waals surface area contributed by atoms with Gasteiger partial charge < -0.3 is 4.74 Å². The molecule has 1 aliphatic carbocycles. The lowest BCUT2D eigenvalue weighted by atomic mass is 10.0. The zero-order valence-electron chi connectivity index (χ0n) is 9.53. The van der Waals surface area contributed by atoms with Crippen molar-refractivity contribution in [2.45, 2.75) is 26.2 Å². The second-order valence-corrected chi connectivity index (χ2v) is 3.90. The Kier molecular flexibility index (Phi) is 3.40. The molecule has 2 heteroatoms. The van der Waals surface area contributed by atoms with Crippen LogP contribution in [0.25, 0.3) is 5.57 Å². The van der Waals surface area contributed by atoms with E-state index >= 15 is 0 Å². The molecule has 0 radical (unpaired) electrons. The second kappa shape index (κ2) is 4.97. The van der Waals surface area contributed by atoms with Gasteiger partial charge in [0, 0.05) is 5.57 Å². The van der Waals surface area contributed by atoms with Gasteiger partial charge in [0.1, 0.15) is 0 Å². The average Bonchev–Trinajstić information content (AvgIpc) is 2.79. The van der Waals surface area contributed by atoms with Crippen LogP contribution in [0.1, 0.15) is 31.7 Å². The first-order valence-corrected chi connectivity index (χ1v) is 5.77. The van der Waals surface area contributed by atoms with E-state index in [1.807, 2.05) is 25.1 Å². The topological polar surface area (TPSA) is 26.3 Å². The van der Waals surface area contributed by atoms with Crippen LogP contribution in [-0.2, 0) is 9.53 Å². The minimum atomic E-state index is -0.140. The van der Waals surface area contributed by atoms with Gasteiger partial charge in [-0.15, -0.1) is 0 Å². The Morgan fingerprint density at radius 2 is 2.00 bits per heavy atom. The molecule has 0 spiro atoms. The van der Waals surface area contributed by atoms with Crippen LogP contribution in [0, 0.1) is 0 Å². The Morgan fingerprint density at radius 3 is 2.69 bits per heavy atom. The Hall–Kier alpha value is -1.57. The molecule has 0 N–H and O–H groups in total. The van der Waals surface area contributed by atoms with Gasteiger partial charge in [-0.05, 0) is 37.3 Å². The molecule has 16 heavy (non-hydrogen) atoms. The molecule has 1 aliphatic rings. The van der Waals surface area contributed by atoms with Crippen molar-refractivity contribution in [1.29, 1.82) is 0 Å². The lowest BCUT2D eigenvalue weighted by Gasteiger charge is -2.06. The van der Waals surface area contributed by atoms with Gasteiger partial charge >= 0.3 is 5.97 Å². The fourth-order valence-corrected chi connectivity index (χ4v) is 2.15. The van der Waals surface area contributed by atoms with E-state index in [0.717, 1.165) is 30.4 Å². The van der Waals surface area contributed by atoms with Gasteiger partial charge in [0.15, 0.2) is 0 Å². The van der Waals surface area contributed by atoms with Gasteiger partial charge in [0.2, 0.25) is 0 Å². The number of carbonyl (C=O) groups excluding carboxylic acids is 1. The SMILES string of the molecule is CCOC(=O)C1=C(c2ccccc2)CCC1. The van der Waals surface area contributed by atoms with E-state index in [0.29, 0.717) is 6.61 Å². The quantitative estimate of drug-likeness (QED) is 0.725. The molecule has 0 heterocycles. The molecule has 0 atom stereocenters. The summed E-state index contributed by atoms with van der Waals surface area (Å²) in [5.41, 5.74) is 3.19. The highest BCUT2D eigenvalue weighted by molar-refractivity contribution is 5.98. The van der Waals surface area contributed by atoms with Crippen molar-refractivity contribution in [2.75, 3.05) is 6.61 Å². The third kappa shape index (κ3) is 2.16. The van der Waals surface area contributed by atoms with Crippen molar-refractivity contribution in [1.82, 2.24) is 0 Å². The summed E-state index contributed by atoms with van der Waals surface area (Å²) in [4.78, 5) is 11.7. The van der Waals surface area contributed by atoms with Crippen molar-refractivity contribution < 1.29 is 9.53 Å². The first-order chi connectivity index (χ1) is 7.83. The van der Waals surface area contributed by atoms with E-state index < -0.39 is 0 Å². The minimum Gasteiger partial charge on any atom is -0.463 e. The standard InChI is InChI=1S/C14H16O2/c1-2-16-14(15)13-10-6-9-12(13)11-7-4-3-5-8-11/h3-5,7-8H,2,6,9-10H2,1H3. The molecule has 2 rings (SSSR count). The molecule has 1 aromatic rings. The second-order valence-electron chi connectivity index (χ2n) is 3.90. The van der Waals surface area contributed by atoms with E-state index in [2.05, 4.69) is 12.1 Å². The molecule has 0 amide bonds. The number of hydrogen-bond acceptors (Lipinski definition) is 2. The number of rotatable bonds is 3. The molecule has 0 bridgehead atoms. The number of carbonyl (C=O) groups is 1. The maximum absolute atomic E-state index is 11.7. The normalized spacial score (nSPS) is 15.3. The van der Waals surface area contributed by atoms with Crippen molar-refractivity contribution in [3.05, 3.63) is 41.5 Å². The number of esters is 1. The Balaban J connectivity index is 2.30. The van der Waals surface area contributed by atoms with Crippen LogP contribution in [0.15, 0.2) is 35.9 Å². The van der Waals surface area contributed by atoms with Crippen LogP contribution < -0.4 is 0 Å². The Labute approximate surface area is 95.9 Å². The molecular weight excluding hydrogens is 200 g/mol. The maximum atomic E-state index is 11.7. The van der Waals surface area contributed by atoms with Crippen LogP contribution in [-0.4, -0.2) is 12.6 Å². The number of benzene rings is 1. The molecule has 0 saturated heterocycles. The van der Waals surface area contributed by atoms with Gasteiger partial charge in [-0.25, -0.2) is 4.79 Å². The van der Waals surface area contributed by atoms with E-state index in [-0.39, 0.29) is 5.97 Å². The Morgan fingerprint density at radius 1 is 1.25 bits per heavy atom. The first kappa shape index (κ1) is 10.9. The molecule has 84 valence electrons. The lowest BCUT2D eigenvalue weighted by molar-refractivity contribution is -0.138. The molecule has 1 aromatic carbocycles. The number of hydrogen-bond donors (Lipinski definition) is 0. The van der Waals surface area contributed by atoms with Crippen molar-refractivity contribution in [2.24, 2.45) is 0 Å². The van der Waals surface area contributed by atoms with Crippen LogP contribution in [0.4, 0.5) is 0 Å². The summed E-state index contributed by atoms with van der Waals surface area (Å²) in [5, 5.41) is 0. The minimum absolute atomic E-state index is 0.140. The Bertz CT molecular complexity index is 404. The van der Waals surface area contributed by atoms with Crippen molar-refractivity contribution in [3.63, 3.8) is 0 Å². The molecule has 0 saturated carbocycles. The fraction of sp³-hybridized carbons (Fsp3) is 0.357. The summed E-state index contributed by atoms with van der Waals surface area (Å²) in [5.74, 6) is -0.140. The van der Waals surface area contributed by atoms with Crippen LogP contribution in [0.3, 0.4) is 0 Å². The van der Waals surface area contributed by atoms with Gasteiger partial charge in [0.05, 0.1) is 6.61 Å². The summed E-state index contributed by atoms with van der Waals surface area (Å²) in [6, 6.07) is 10.1. The van der Waals surface area contributed by atoms with Crippen molar-refractivity contribution >= 4 is 11.5 Å². The van der Waals surface area contributed by atoms with E-state index in [1.165, 1.54) is 5.57 Å². The zero-order chi connectivity index (χ0) is 11.4. The summed E-state index contributed by atoms with van der Waals surface area (Å²) < 4.78 is 5.08. The molecule has 0 aromatic heterocycles. The average molecular weight is 216 g/mol. The first-order valence-electron chi connectivity index (χ1n) is 5.77. The maximum Gasteiger partial charge on any atom is 0.334 e. The van der Waals surface area contributed by atoms with Crippen LogP contribution in [0.2, 0.25) is 0 Å². The fourth-order valence-electron chi connectivity index (χ4n) is 2.15. The molecule has 2 nitrogen and oxygen atoms in total. The largest absolute Gasteiger partial charge is 0.463 e. The van der Waals surface area contributed by atoms with Gasteiger partial charge in [-0.2, -0.15) is 0 Å². The van der Waals surface area contributed by atoms with E-state index in [1.54, 1.807) is 0 Å². The van der Waals surface area contributed by atoms with E-state index in [4.69, 9.17) is 4.74 Å². The predicted octanol–water partition coefficient (Wildman–Crippen LogP) is 3.19. The summed E-state index contributed by atoms with van der Waals surface area (Å²) in [7, 11) is 0. The van der Waals surface area contributed by atoms with Gasteiger partial charge in [0.25, 0.3) is 0 Å². The molecule has 0 aliphatic heterocycles. The summed E-state index contributed by atoms with van der Waals surface area (Å²) in [6.45, 7) is 2.29. The van der Waals surface area contributed by atoms with Crippen molar-refractivity contribution in [3.8, 4) is 0 Å². The zero-order valence-corrected chi connectivity index (χ0v) is 9.53. The predicted molar refractivity (Wildman–Crippen MR) is 63.8 cm³/mol. The summed E-state index contributed by atoms with van der Waals surface area (Å²) in [6.07, 6.45) is 2.89. The highest BCUT2D eigenvalue weighted by atomic mass is 16.5. The highest BCUT2D eigenvalue weighted by Gasteiger charge is 2.22. The van der Waals surface area contributed by atoms with E-state index in [9.17, 15) is 4.79 Å². The highest BCUT2D eigenvalue weighted by Crippen LogP contribution is 2.34. The summed E-state index contributed by atoms with van der Waals surface area (Å²) >= 11 is 0. The number of ether oxygens (including phenoxy) is 1. The smallest absolute Gasteiger partial charge is 0.334 e. The van der Waals surface area contributed by atoms with Crippen LogP contribution >= 0.6 is 0 Å². The molecule has 0 unspecified atom stereocenters.